The number of halogens is 2. The van der Waals surface area contributed by atoms with Gasteiger partial charge in [0, 0.05) is 0 Å². The van der Waals surface area contributed by atoms with Gasteiger partial charge in [-0.2, -0.15) is 8.78 Å². The summed E-state index contributed by atoms with van der Waals surface area (Å²) in [5.74, 6) is -2.98. The molecule has 0 spiro atoms. The molecule has 0 radical (unpaired) electrons. The summed E-state index contributed by atoms with van der Waals surface area (Å²) in [6.45, 7) is -0.700. The number of thiocarbonyl (C=S) groups is 1. The molecule has 1 aromatic rings. The van der Waals surface area contributed by atoms with Gasteiger partial charge in [0.2, 0.25) is 4.38 Å². The van der Waals surface area contributed by atoms with E-state index in [2.05, 4.69) is 0 Å². The minimum Gasteiger partial charge on any atom is -0.472 e. The molecule has 5 heteroatoms. The van der Waals surface area contributed by atoms with Gasteiger partial charge in [-0.15, -0.1) is 0 Å². The smallest absolute Gasteiger partial charge is 0.299 e. The molecule has 0 N–H and O–H groups in total. The number of hydrogen-bond acceptors (Lipinski definition) is 3. The fourth-order valence-corrected chi connectivity index (χ4v) is 1.65. The Kier molecular flexibility index (Phi) is 7.02. The van der Waals surface area contributed by atoms with E-state index >= 15 is 0 Å². The molecular formula is C14H16F2OS2. The van der Waals surface area contributed by atoms with Crippen LogP contribution in [-0.4, -0.2) is 23.2 Å². The number of ether oxygens (including phenoxy) is 1. The second-order valence-corrected chi connectivity index (χ2v) is 5.34. The van der Waals surface area contributed by atoms with E-state index in [0.29, 0.717) is 6.42 Å². The van der Waals surface area contributed by atoms with E-state index in [-0.39, 0.29) is 4.38 Å². The molecule has 0 fully saturated rings. The summed E-state index contributed by atoms with van der Waals surface area (Å²) in [7, 11) is 0. The summed E-state index contributed by atoms with van der Waals surface area (Å²) in [4.78, 5) is 0. The Morgan fingerprint density at radius 2 is 2.05 bits per heavy atom. The third-order valence-corrected chi connectivity index (χ3v) is 3.42. The van der Waals surface area contributed by atoms with Crippen molar-refractivity contribution < 1.29 is 13.5 Å². The van der Waals surface area contributed by atoms with Crippen molar-refractivity contribution in [1.82, 2.24) is 0 Å². The predicted molar refractivity (Wildman–Crippen MR) is 80.9 cm³/mol. The summed E-state index contributed by atoms with van der Waals surface area (Å²) in [5, 5.41) is 0. The molecule has 0 aliphatic heterocycles. The average Bonchev–Trinajstić information content (AvgIpc) is 2.42. The first-order chi connectivity index (χ1) is 9.03. The van der Waals surface area contributed by atoms with Crippen molar-refractivity contribution in [2.75, 3.05) is 12.9 Å². The Balaban J connectivity index is 2.32. The molecule has 0 atom stereocenters. The van der Waals surface area contributed by atoms with Crippen molar-refractivity contribution in [2.24, 2.45) is 0 Å². The van der Waals surface area contributed by atoms with Gasteiger partial charge in [-0.25, -0.2) is 0 Å². The van der Waals surface area contributed by atoms with Gasteiger partial charge < -0.3 is 4.74 Å². The van der Waals surface area contributed by atoms with E-state index in [1.165, 1.54) is 6.08 Å². The zero-order chi connectivity index (χ0) is 14.1. The zero-order valence-corrected chi connectivity index (χ0v) is 12.3. The SMILES string of the molecule is CSC(=S)OCC(F)(F)/C=C/CCc1ccccc1. The van der Waals surface area contributed by atoms with Gasteiger partial charge in [-0.1, -0.05) is 48.2 Å². The van der Waals surface area contributed by atoms with Crippen LogP contribution < -0.4 is 0 Å². The summed E-state index contributed by atoms with van der Waals surface area (Å²) in [5.41, 5.74) is 1.13. The fraction of sp³-hybridized carbons (Fsp3) is 0.357. The van der Waals surface area contributed by atoms with Crippen LogP contribution in [0.15, 0.2) is 42.5 Å². The number of allylic oxidation sites excluding steroid dienone is 1. The molecule has 0 bridgehead atoms. The van der Waals surface area contributed by atoms with Gasteiger partial charge in [0.15, 0.2) is 6.61 Å². The van der Waals surface area contributed by atoms with E-state index < -0.39 is 12.5 Å². The molecular weight excluding hydrogens is 286 g/mol. The largest absolute Gasteiger partial charge is 0.472 e. The molecule has 1 rings (SSSR count). The number of aryl methyl sites for hydroxylation is 1. The van der Waals surface area contributed by atoms with Crippen LogP contribution in [0.4, 0.5) is 8.78 Å². The normalized spacial score (nSPS) is 11.7. The van der Waals surface area contributed by atoms with Crippen molar-refractivity contribution in [2.45, 2.75) is 18.8 Å². The lowest BCUT2D eigenvalue weighted by atomic mass is 10.1. The third-order valence-electron chi connectivity index (χ3n) is 2.35. The van der Waals surface area contributed by atoms with Gasteiger partial charge in [-0.05, 0) is 43.0 Å². The van der Waals surface area contributed by atoms with Gasteiger partial charge in [-0.3, -0.25) is 0 Å². The highest BCUT2D eigenvalue weighted by Crippen LogP contribution is 2.18. The molecule has 0 aromatic heterocycles. The van der Waals surface area contributed by atoms with Gasteiger partial charge in [0.1, 0.15) is 0 Å². The van der Waals surface area contributed by atoms with E-state index in [1.807, 2.05) is 30.3 Å². The number of hydrogen-bond donors (Lipinski definition) is 0. The van der Waals surface area contributed by atoms with Crippen molar-refractivity contribution in [3.8, 4) is 0 Å². The first-order valence-electron chi connectivity index (χ1n) is 5.84. The minimum absolute atomic E-state index is 0.136. The van der Waals surface area contributed by atoms with Crippen LogP contribution in [0.1, 0.15) is 12.0 Å². The highest BCUT2D eigenvalue weighted by Gasteiger charge is 2.26. The highest BCUT2D eigenvalue weighted by molar-refractivity contribution is 8.22. The van der Waals surface area contributed by atoms with Crippen LogP contribution >= 0.6 is 24.0 Å². The number of rotatable bonds is 6. The molecule has 0 saturated heterocycles. The maximum absolute atomic E-state index is 13.4. The molecule has 104 valence electrons. The maximum atomic E-state index is 13.4. The molecule has 0 heterocycles. The first kappa shape index (κ1) is 16.1. The zero-order valence-electron chi connectivity index (χ0n) is 10.6. The first-order valence-corrected chi connectivity index (χ1v) is 7.47. The number of benzene rings is 1. The van der Waals surface area contributed by atoms with Gasteiger partial charge >= 0.3 is 0 Å². The van der Waals surface area contributed by atoms with Crippen LogP contribution in [-0.2, 0) is 11.2 Å². The lowest BCUT2D eigenvalue weighted by Crippen LogP contribution is -2.21. The maximum Gasteiger partial charge on any atom is 0.299 e. The summed E-state index contributed by atoms with van der Waals surface area (Å²) in [6.07, 6.45) is 5.39. The van der Waals surface area contributed by atoms with Gasteiger partial charge in [0.05, 0.1) is 0 Å². The average molecular weight is 302 g/mol. The predicted octanol–water partition coefficient (Wildman–Crippen LogP) is 4.48. The van der Waals surface area contributed by atoms with Gasteiger partial charge in [0.25, 0.3) is 5.92 Å². The van der Waals surface area contributed by atoms with Crippen LogP contribution in [0.3, 0.4) is 0 Å². The van der Waals surface area contributed by atoms with Crippen LogP contribution in [0.2, 0.25) is 0 Å². The minimum atomic E-state index is -2.98. The van der Waals surface area contributed by atoms with Crippen molar-refractivity contribution in [3.05, 3.63) is 48.0 Å². The third kappa shape index (κ3) is 7.28. The van der Waals surface area contributed by atoms with Crippen LogP contribution in [0, 0.1) is 0 Å². The Hall–Kier alpha value is -0.940. The fourth-order valence-electron chi connectivity index (χ4n) is 1.41. The monoisotopic (exact) mass is 302 g/mol. The Labute approximate surface area is 122 Å². The van der Waals surface area contributed by atoms with Crippen LogP contribution in [0.25, 0.3) is 0 Å². The molecule has 19 heavy (non-hydrogen) atoms. The van der Waals surface area contributed by atoms with Crippen molar-refractivity contribution in [1.29, 1.82) is 0 Å². The molecule has 0 aliphatic carbocycles. The highest BCUT2D eigenvalue weighted by atomic mass is 32.2. The van der Waals surface area contributed by atoms with E-state index in [0.717, 1.165) is 29.8 Å². The summed E-state index contributed by atoms with van der Waals surface area (Å²) < 4.78 is 31.6. The molecule has 0 aliphatic rings. The Morgan fingerprint density at radius 1 is 1.37 bits per heavy atom. The lowest BCUT2D eigenvalue weighted by Gasteiger charge is -2.12. The molecule has 1 aromatic carbocycles. The number of thioether (sulfide) groups is 1. The van der Waals surface area contributed by atoms with E-state index in [1.54, 1.807) is 6.26 Å². The summed E-state index contributed by atoms with van der Waals surface area (Å²) in [6, 6.07) is 9.76. The van der Waals surface area contributed by atoms with Crippen molar-refractivity contribution in [3.63, 3.8) is 0 Å². The standard InChI is InChI=1S/C14H16F2OS2/c1-19-13(18)17-11-14(15,16)10-6-5-9-12-7-3-2-4-8-12/h2-4,6-8,10H,5,9,11H2,1H3/b10-6+. The van der Waals surface area contributed by atoms with Crippen molar-refractivity contribution >= 4 is 28.4 Å². The van der Waals surface area contributed by atoms with E-state index in [9.17, 15) is 8.78 Å². The Morgan fingerprint density at radius 3 is 2.68 bits per heavy atom. The van der Waals surface area contributed by atoms with Crippen LogP contribution in [0.5, 0.6) is 0 Å². The topological polar surface area (TPSA) is 9.23 Å². The second kappa shape index (κ2) is 8.27. The summed E-state index contributed by atoms with van der Waals surface area (Å²) >= 11 is 5.85. The molecule has 1 nitrogen and oxygen atoms in total. The molecule has 0 saturated carbocycles. The van der Waals surface area contributed by atoms with E-state index in [4.69, 9.17) is 17.0 Å². The molecule has 0 amide bonds. The Bertz CT molecular complexity index is 419. The molecule has 0 unspecified atom stereocenters. The second-order valence-electron chi connectivity index (χ2n) is 3.93. The quantitative estimate of drug-likeness (QED) is 0.566. The lowest BCUT2D eigenvalue weighted by molar-refractivity contribution is 0.00308. The number of alkyl halides is 2.